The van der Waals surface area contributed by atoms with Gasteiger partial charge in [0.05, 0.1) is 6.61 Å². The van der Waals surface area contributed by atoms with Gasteiger partial charge in [-0.15, -0.1) is 0 Å². The third kappa shape index (κ3) is 6.17. The second kappa shape index (κ2) is 10.6. The summed E-state index contributed by atoms with van der Waals surface area (Å²) in [7, 11) is 0. The van der Waals surface area contributed by atoms with Crippen LogP contribution in [0, 0.1) is 0 Å². The quantitative estimate of drug-likeness (QED) is 0.511. The number of anilines is 1. The molecule has 8 heteroatoms. The van der Waals surface area contributed by atoms with Crippen molar-refractivity contribution in [3.05, 3.63) is 72.3 Å². The van der Waals surface area contributed by atoms with Gasteiger partial charge in [-0.3, -0.25) is 9.78 Å². The molecule has 0 aliphatic rings. The number of rotatable bonds is 10. The average Bonchev–Trinajstić information content (AvgIpc) is 2.77. The number of hydrogen-bond donors (Lipinski definition) is 2. The summed E-state index contributed by atoms with van der Waals surface area (Å²) in [6.45, 7) is 3.66. The van der Waals surface area contributed by atoms with Crippen molar-refractivity contribution in [2.24, 2.45) is 0 Å². The molecule has 1 amide bonds. The van der Waals surface area contributed by atoms with Gasteiger partial charge in [0.25, 0.3) is 5.91 Å². The molecule has 0 bridgehead atoms. The summed E-state index contributed by atoms with van der Waals surface area (Å²) >= 11 is 0. The van der Waals surface area contributed by atoms with Crippen molar-refractivity contribution < 1.29 is 14.3 Å². The van der Waals surface area contributed by atoms with Crippen LogP contribution in [0.3, 0.4) is 0 Å². The molecule has 3 rings (SSSR count). The van der Waals surface area contributed by atoms with Crippen molar-refractivity contribution >= 4 is 11.9 Å². The van der Waals surface area contributed by atoms with Gasteiger partial charge in [0.15, 0.2) is 11.5 Å². The molecule has 1 aromatic carbocycles. The van der Waals surface area contributed by atoms with Crippen LogP contribution in [-0.4, -0.2) is 40.6 Å². The van der Waals surface area contributed by atoms with Gasteiger partial charge in [0.2, 0.25) is 5.95 Å². The van der Waals surface area contributed by atoms with Crippen LogP contribution in [0.15, 0.2) is 61.2 Å². The maximum Gasteiger partial charge on any atom is 0.251 e. The van der Waals surface area contributed by atoms with Crippen molar-refractivity contribution in [2.75, 3.05) is 25.0 Å². The lowest BCUT2D eigenvalue weighted by Crippen LogP contribution is -2.29. The third-order valence-electron chi connectivity index (χ3n) is 3.88. The summed E-state index contributed by atoms with van der Waals surface area (Å²) in [4.78, 5) is 24.6. The Balaban J connectivity index is 1.55. The summed E-state index contributed by atoms with van der Waals surface area (Å²) in [6.07, 6.45) is 6.77. The number of pyridine rings is 1. The number of carbonyl (C=O) groups is 1. The number of aromatic nitrogens is 3. The summed E-state index contributed by atoms with van der Waals surface area (Å²) in [5.74, 6) is 1.44. The summed E-state index contributed by atoms with van der Waals surface area (Å²) in [5, 5.41) is 5.89. The van der Waals surface area contributed by atoms with E-state index in [1.54, 1.807) is 49.1 Å². The highest BCUT2D eigenvalue weighted by Crippen LogP contribution is 2.29. The van der Waals surface area contributed by atoms with Crippen LogP contribution in [-0.2, 0) is 6.61 Å². The molecule has 0 saturated carbocycles. The first-order chi connectivity index (χ1) is 14.3. The lowest BCUT2D eigenvalue weighted by Gasteiger charge is -2.13. The van der Waals surface area contributed by atoms with E-state index in [0.29, 0.717) is 49.3 Å². The minimum Gasteiger partial charge on any atom is -0.490 e. The minimum atomic E-state index is -0.194. The molecule has 0 unspecified atom stereocenters. The number of carbonyl (C=O) groups excluding carboxylic acids is 1. The Bertz CT molecular complexity index is 907. The van der Waals surface area contributed by atoms with E-state index in [1.165, 1.54) is 0 Å². The van der Waals surface area contributed by atoms with Crippen molar-refractivity contribution in [3.63, 3.8) is 0 Å². The number of benzene rings is 1. The molecule has 0 aliphatic carbocycles. The highest BCUT2D eigenvalue weighted by molar-refractivity contribution is 5.94. The van der Waals surface area contributed by atoms with Gasteiger partial charge in [0, 0.05) is 49.0 Å². The van der Waals surface area contributed by atoms with Crippen molar-refractivity contribution in [3.8, 4) is 11.5 Å². The Labute approximate surface area is 169 Å². The minimum absolute atomic E-state index is 0.194. The average molecular weight is 393 g/mol. The van der Waals surface area contributed by atoms with E-state index in [2.05, 4.69) is 25.6 Å². The zero-order chi connectivity index (χ0) is 20.3. The topological polar surface area (TPSA) is 98.3 Å². The summed E-state index contributed by atoms with van der Waals surface area (Å²) < 4.78 is 11.5. The molecule has 2 N–H and O–H groups in total. The Morgan fingerprint density at radius 1 is 1.00 bits per heavy atom. The second-order valence-corrected chi connectivity index (χ2v) is 6.00. The lowest BCUT2D eigenvalue weighted by atomic mass is 10.2. The fourth-order valence-corrected chi connectivity index (χ4v) is 2.52. The molecule has 0 aliphatic heterocycles. The van der Waals surface area contributed by atoms with Crippen molar-refractivity contribution in [2.45, 2.75) is 13.5 Å². The predicted octanol–water partition coefficient (Wildman–Crippen LogP) is 2.69. The Morgan fingerprint density at radius 3 is 2.62 bits per heavy atom. The largest absolute Gasteiger partial charge is 0.490 e. The van der Waals surface area contributed by atoms with Crippen LogP contribution in [0.5, 0.6) is 11.5 Å². The maximum absolute atomic E-state index is 12.4. The molecule has 0 atom stereocenters. The predicted molar refractivity (Wildman–Crippen MR) is 109 cm³/mol. The van der Waals surface area contributed by atoms with Crippen LogP contribution in [0.4, 0.5) is 5.95 Å². The molecule has 3 aromatic rings. The molecule has 29 heavy (non-hydrogen) atoms. The fraction of sp³-hybridized carbons (Fsp3) is 0.238. The van der Waals surface area contributed by atoms with Crippen LogP contribution in [0.25, 0.3) is 0 Å². The van der Waals surface area contributed by atoms with E-state index >= 15 is 0 Å². The fourth-order valence-electron chi connectivity index (χ4n) is 2.52. The normalized spacial score (nSPS) is 10.2. The van der Waals surface area contributed by atoms with Crippen molar-refractivity contribution in [1.82, 2.24) is 20.3 Å². The van der Waals surface area contributed by atoms with E-state index in [1.807, 2.05) is 19.1 Å². The van der Waals surface area contributed by atoms with Crippen molar-refractivity contribution in [1.29, 1.82) is 0 Å². The van der Waals surface area contributed by atoms with Crippen LogP contribution in [0.2, 0.25) is 0 Å². The highest BCUT2D eigenvalue weighted by atomic mass is 16.5. The SMILES string of the molecule is CCOc1cc(C(=O)NCCNc2ncccn2)ccc1OCc1cccnc1. The van der Waals surface area contributed by atoms with Gasteiger partial charge < -0.3 is 20.1 Å². The molecule has 2 aromatic heterocycles. The van der Waals surface area contributed by atoms with Gasteiger partial charge in [0.1, 0.15) is 6.61 Å². The summed E-state index contributed by atoms with van der Waals surface area (Å²) in [5.41, 5.74) is 1.45. The molecule has 0 spiro atoms. The zero-order valence-corrected chi connectivity index (χ0v) is 16.2. The smallest absolute Gasteiger partial charge is 0.251 e. The summed E-state index contributed by atoms with van der Waals surface area (Å²) in [6, 6.07) is 10.7. The number of ether oxygens (including phenoxy) is 2. The van der Waals surface area contributed by atoms with Gasteiger partial charge >= 0.3 is 0 Å². The monoisotopic (exact) mass is 393 g/mol. The van der Waals surface area contributed by atoms with Crippen LogP contribution in [0.1, 0.15) is 22.8 Å². The van der Waals surface area contributed by atoms with E-state index in [0.717, 1.165) is 5.56 Å². The van der Waals surface area contributed by atoms with Gasteiger partial charge in [-0.2, -0.15) is 0 Å². The molecule has 2 heterocycles. The van der Waals surface area contributed by atoms with E-state index in [4.69, 9.17) is 9.47 Å². The molecular formula is C21H23N5O3. The molecule has 8 nitrogen and oxygen atoms in total. The van der Waals surface area contributed by atoms with Crippen LogP contribution < -0.4 is 20.1 Å². The zero-order valence-electron chi connectivity index (χ0n) is 16.2. The van der Waals surface area contributed by atoms with Crippen LogP contribution >= 0.6 is 0 Å². The number of amides is 1. The molecular weight excluding hydrogens is 370 g/mol. The first kappa shape index (κ1) is 20.1. The highest BCUT2D eigenvalue weighted by Gasteiger charge is 2.12. The lowest BCUT2D eigenvalue weighted by molar-refractivity contribution is 0.0954. The maximum atomic E-state index is 12.4. The molecule has 0 radical (unpaired) electrons. The van der Waals surface area contributed by atoms with E-state index in [9.17, 15) is 4.79 Å². The van der Waals surface area contributed by atoms with Gasteiger partial charge in [-0.05, 0) is 37.3 Å². The molecule has 150 valence electrons. The number of nitrogens with zero attached hydrogens (tertiary/aromatic N) is 3. The Kier molecular flexibility index (Phi) is 7.34. The first-order valence-electron chi connectivity index (χ1n) is 9.34. The standard InChI is InChI=1S/C21H23N5O3/c1-2-28-19-13-17(6-7-18(19)29-15-16-5-3-8-22-14-16)20(27)23-11-12-26-21-24-9-4-10-25-21/h3-10,13-14H,2,11-12,15H2,1H3,(H,23,27)(H,24,25,26). The van der Waals surface area contributed by atoms with E-state index in [-0.39, 0.29) is 5.91 Å². The molecule has 0 fully saturated rings. The number of hydrogen-bond acceptors (Lipinski definition) is 7. The third-order valence-corrected chi connectivity index (χ3v) is 3.88. The Hall–Kier alpha value is -3.68. The van der Waals surface area contributed by atoms with E-state index < -0.39 is 0 Å². The molecule has 0 saturated heterocycles. The second-order valence-electron chi connectivity index (χ2n) is 6.00. The first-order valence-corrected chi connectivity index (χ1v) is 9.34. The Morgan fingerprint density at radius 2 is 1.86 bits per heavy atom. The number of nitrogens with one attached hydrogen (secondary N) is 2. The van der Waals surface area contributed by atoms with Gasteiger partial charge in [-0.25, -0.2) is 9.97 Å². The van der Waals surface area contributed by atoms with Gasteiger partial charge in [-0.1, -0.05) is 6.07 Å².